The number of nitrogens with two attached hydrogens (primary N) is 1. The molecule has 3 aromatic rings. The Labute approximate surface area is 202 Å². The van der Waals surface area contributed by atoms with Gasteiger partial charge in [-0.25, -0.2) is 9.86 Å². The van der Waals surface area contributed by atoms with Gasteiger partial charge in [-0.15, -0.1) is 0 Å². The van der Waals surface area contributed by atoms with E-state index in [4.69, 9.17) is 9.88 Å². The molecule has 4 N–H and O–H groups in total. The van der Waals surface area contributed by atoms with Crippen LogP contribution >= 0.6 is 0 Å². The van der Waals surface area contributed by atoms with Gasteiger partial charge in [0.1, 0.15) is 5.75 Å². The topological polar surface area (TPSA) is 93.4 Å². The zero-order chi connectivity index (χ0) is 24.0. The van der Waals surface area contributed by atoms with E-state index >= 15 is 0 Å². The third-order valence-corrected chi connectivity index (χ3v) is 7.44. The predicted molar refractivity (Wildman–Crippen MR) is 137 cm³/mol. The minimum Gasteiger partial charge on any atom is -0.497 e. The summed E-state index contributed by atoms with van der Waals surface area (Å²) < 4.78 is 31.2. The molecule has 6 nitrogen and oxygen atoms in total. The maximum absolute atomic E-state index is 11.6. The van der Waals surface area contributed by atoms with Gasteiger partial charge in [-0.05, 0) is 60.1 Å². The van der Waals surface area contributed by atoms with Crippen molar-refractivity contribution in [2.24, 2.45) is 5.14 Å². The standard InChI is InChI=1S/C27H33N3O3S/c1-33-26-9-5-8-24(18-26)27(20-30-34(28,31)32)16-14-25(15-17-27)29-19-21-10-12-23(13-11-21)22-6-3-2-4-7-22/h2-13,18,25,29-30H,14-17,19-20H2,1H3,(H2,28,31,32). The van der Waals surface area contributed by atoms with Gasteiger partial charge >= 0.3 is 0 Å². The fourth-order valence-corrected chi connectivity index (χ4v) is 5.32. The molecule has 4 rings (SSSR count). The van der Waals surface area contributed by atoms with Crippen LogP contribution in [0.15, 0.2) is 78.9 Å². The number of methoxy groups -OCH3 is 1. The lowest BCUT2D eigenvalue weighted by molar-refractivity contribution is 0.245. The van der Waals surface area contributed by atoms with E-state index in [0.29, 0.717) is 6.04 Å². The summed E-state index contributed by atoms with van der Waals surface area (Å²) in [6.07, 6.45) is 3.61. The SMILES string of the molecule is COc1cccc(C2(CNS(N)(=O)=O)CCC(NCc3ccc(-c4ccccc4)cc3)CC2)c1. The first kappa shape index (κ1) is 24.4. The van der Waals surface area contributed by atoms with Gasteiger partial charge in [0.25, 0.3) is 10.2 Å². The highest BCUT2D eigenvalue weighted by Crippen LogP contribution is 2.40. The summed E-state index contributed by atoms with van der Waals surface area (Å²) in [7, 11) is -2.13. The fourth-order valence-electron chi connectivity index (χ4n) is 4.84. The molecule has 0 aliphatic heterocycles. The Morgan fingerprint density at radius 3 is 2.26 bits per heavy atom. The van der Waals surface area contributed by atoms with E-state index in [1.807, 2.05) is 24.3 Å². The lowest BCUT2D eigenvalue weighted by Crippen LogP contribution is -2.47. The Kier molecular flexibility index (Phi) is 7.68. The van der Waals surface area contributed by atoms with Gasteiger partial charge in [-0.1, -0.05) is 66.7 Å². The quantitative estimate of drug-likeness (QED) is 0.430. The number of ether oxygens (including phenoxy) is 1. The van der Waals surface area contributed by atoms with Crippen molar-refractivity contribution < 1.29 is 13.2 Å². The highest BCUT2D eigenvalue weighted by atomic mass is 32.2. The van der Waals surface area contributed by atoms with Crippen molar-refractivity contribution in [3.8, 4) is 16.9 Å². The first-order chi connectivity index (χ1) is 16.4. The highest BCUT2D eigenvalue weighted by Gasteiger charge is 2.37. The maximum Gasteiger partial charge on any atom is 0.274 e. The Bertz CT molecular complexity index is 1170. The fraction of sp³-hybridized carbons (Fsp3) is 0.333. The van der Waals surface area contributed by atoms with E-state index < -0.39 is 10.2 Å². The van der Waals surface area contributed by atoms with Crippen molar-refractivity contribution in [2.75, 3.05) is 13.7 Å². The molecule has 1 aliphatic rings. The second kappa shape index (κ2) is 10.7. The number of benzene rings is 3. The summed E-state index contributed by atoms with van der Waals surface area (Å²) >= 11 is 0. The molecular formula is C27H33N3O3S. The summed E-state index contributed by atoms with van der Waals surface area (Å²) in [4.78, 5) is 0. The van der Waals surface area contributed by atoms with Crippen LogP contribution < -0.4 is 19.9 Å². The number of hydrogen-bond donors (Lipinski definition) is 3. The van der Waals surface area contributed by atoms with Gasteiger partial charge in [0.15, 0.2) is 0 Å². The van der Waals surface area contributed by atoms with E-state index in [2.05, 4.69) is 64.6 Å². The molecule has 0 aromatic heterocycles. The van der Waals surface area contributed by atoms with Crippen molar-refractivity contribution in [3.63, 3.8) is 0 Å². The summed E-state index contributed by atoms with van der Waals surface area (Å²) in [6, 6.07) is 27.4. The molecular weight excluding hydrogens is 446 g/mol. The molecule has 0 bridgehead atoms. The minimum atomic E-state index is -3.77. The number of rotatable bonds is 9. The molecule has 1 aliphatic carbocycles. The Hall–Kier alpha value is -2.71. The summed E-state index contributed by atoms with van der Waals surface area (Å²) in [6.45, 7) is 1.09. The molecule has 0 radical (unpaired) electrons. The number of nitrogens with one attached hydrogen (secondary N) is 2. The highest BCUT2D eigenvalue weighted by molar-refractivity contribution is 7.87. The van der Waals surface area contributed by atoms with E-state index in [-0.39, 0.29) is 12.0 Å². The first-order valence-electron chi connectivity index (χ1n) is 11.7. The summed E-state index contributed by atoms with van der Waals surface area (Å²) in [5, 5.41) is 8.95. The van der Waals surface area contributed by atoms with E-state index in [1.165, 1.54) is 16.7 Å². The average Bonchev–Trinajstić information content (AvgIpc) is 2.87. The van der Waals surface area contributed by atoms with Crippen LogP contribution in [-0.4, -0.2) is 28.1 Å². The van der Waals surface area contributed by atoms with Gasteiger partial charge in [-0.3, -0.25) is 0 Å². The molecule has 0 amide bonds. The van der Waals surface area contributed by atoms with Crippen molar-refractivity contribution in [1.82, 2.24) is 10.0 Å². The van der Waals surface area contributed by atoms with Crippen LogP contribution in [0.25, 0.3) is 11.1 Å². The maximum atomic E-state index is 11.6. The lowest BCUT2D eigenvalue weighted by Gasteiger charge is -2.41. The molecule has 3 aromatic carbocycles. The second-order valence-corrected chi connectivity index (χ2v) is 10.5. The molecule has 0 spiro atoms. The lowest BCUT2D eigenvalue weighted by atomic mass is 9.68. The normalized spacial score (nSPS) is 20.7. The van der Waals surface area contributed by atoms with Crippen LogP contribution in [0.4, 0.5) is 0 Å². The molecule has 180 valence electrons. The minimum absolute atomic E-state index is 0.284. The van der Waals surface area contributed by atoms with E-state index in [0.717, 1.165) is 43.5 Å². The third kappa shape index (κ3) is 6.24. The summed E-state index contributed by atoms with van der Waals surface area (Å²) in [5.74, 6) is 0.770. The predicted octanol–water partition coefficient (Wildman–Crippen LogP) is 4.13. The Balaban J connectivity index is 1.39. The zero-order valence-corrected chi connectivity index (χ0v) is 20.4. The van der Waals surface area contributed by atoms with E-state index in [1.54, 1.807) is 7.11 Å². The smallest absolute Gasteiger partial charge is 0.274 e. The molecule has 1 fully saturated rings. The molecule has 0 atom stereocenters. The van der Waals surface area contributed by atoms with Crippen LogP contribution in [0.1, 0.15) is 36.8 Å². The van der Waals surface area contributed by atoms with Crippen molar-refractivity contribution >= 4 is 10.2 Å². The summed E-state index contributed by atoms with van der Waals surface area (Å²) in [5.41, 5.74) is 4.46. The molecule has 0 unspecified atom stereocenters. The molecule has 34 heavy (non-hydrogen) atoms. The average molecular weight is 480 g/mol. The van der Waals surface area contributed by atoms with Gasteiger partial charge in [0.05, 0.1) is 7.11 Å². The first-order valence-corrected chi connectivity index (χ1v) is 13.2. The second-order valence-electron chi connectivity index (χ2n) is 9.10. The van der Waals surface area contributed by atoms with Gasteiger partial charge in [0, 0.05) is 24.5 Å². The third-order valence-electron chi connectivity index (χ3n) is 6.89. The van der Waals surface area contributed by atoms with Crippen LogP contribution in [-0.2, 0) is 22.2 Å². The van der Waals surface area contributed by atoms with E-state index in [9.17, 15) is 8.42 Å². The Morgan fingerprint density at radius 2 is 1.62 bits per heavy atom. The molecule has 1 saturated carbocycles. The van der Waals surface area contributed by atoms with Crippen molar-refractivity contribution in [2.45, 2.75) is 43.7 Å². The van der Waals surface area contributed by atoms with Crippen molar-refractivity contribution in [1.29, 1.82) is 0 Å². The van der Waals surface area contributed by atoms with Gasteiger partial charge < -0.3 is 10.1 Å². The largest absolute Gasteiger partial charge is 0.497 e. The molecule has 0 saturated heterocycles. The van der Waals surface area contributed by atoms with Crippen LogP contribution in [0.5, 0.6) is 5.75 Å². The van der Waals surface area contributed by atoms with Crippen molar-refractivity contribution in [3.05, 3.63) is 90.0 Å². The van der Waals surface area contributed by atoms with Gasteiger partial charge in [0.2, 0.25) is 0 Å². The van der Waals surface area contributed by atoms with Crippen LogP contribution in [0.2, 0.25) is 0 Å². The monoisotopic (exact) mass is 479 g/mol. The van der Waals surface area contributed by atoms with Gasteiger partial charge in [-0.2, -0.15) is 8.42 Å². The number of hydrogen-bond acceptors (Lipinski definition) is 4. The Morgan fingerprint density at radius 1 is 0.941 bits per heavy atom. The van der Waals surface area contributed by atoms with Crippen LogP contribution in [0.3, 0.4) is 0 Å². The molecule has 7 heteroatoms. The zero-order valence-electron chi connectivity index (χ0n) is 19.5. The molecule has 0 heterocycles. The van der Waals surface area contributed by atoms with Crippen LogP contribution in [0, 0.1) is 0 Å².